The number of carbonyl (C=O) groups is 1. The van der Waals surface area contributed by atoms with Crippen molar-refractivity contribution in [3.8, 4) is 0 Å². The topological polar surface area (TPSA) is 49.6 Å². The van der Waals surface area contributed by atoms with Crippen molar-refractivity contribution in [2.45, 2.75) is 57.9 Å². The second-order valence-electron chi connectivity index (χ2n) is 6.61. The molecule has 0 radical (unpaired) electrons. The van der Waals surface area contributed by atoms with E-state index in [0.29, 0.717) is 5.92 Å². The van der Waals surface area contributed by atoms with Gasteiger partial charge in [-0.2, -0.15) is 0 Å². The van der Waals surface area contributed by atoms with Crippen LogP contribution in [-0.2, 0) is 4.79 Å². The first-order valence-electron chi connectivity index (χ1n) is 8.39. The SMILES string of the molecule is CCN(CC)CC1CCN(C(=O)C2(N)CCCCC2)C1.Cl.Cl. The minimum absolute atomic E-state index is 0. The molecule has 1 aliphatic carbocycles. The normalized spacial score (nSPS) is 23.8. The number of amides is 1. The van der Waals surface area contributed by atoms with Crippen LogP contribution in [0, 0.1) is 5.92 Å². The molecular formula is C16H33Cl2N3O. The van der Waals surface area contributed by atoms with E-state index >= 15 is 0 Å². The van der Waals surface area contributed by atoms with Crippen LogP contribution in [0.25, 0.3) is 0 Å². The van der Waals surface area contributed by atoms with Crippen LogP contribution in [0.4, 0.5) is 0 Å². The van der Waals surface area contributed by atoms with Crippen LogP contribution in [-0.4, -0.2) is 54.0 Å². The molecule has 0 aromatic heterocycles. The predicted octanol–water partition coefficient (Wildman–Crippen LogP) is 2.68. The standard InChI is InChI=1S/C16H31N3O.2ClH/c1-3-18(4-2)12-14-8-11-19(13-14)15(20)16(17)9-6-5-7-10-16;;/h14H,3-13,17H2,1-2H3;2*1H. The molecule has 22 heavy (non-hydrogen) atoms. The quantitative estimate of drug-likeness (QED) is 0.826. The Hall–Kier alpha value is -0.0300. The summed E-state index contributed by atoms with van der Waals surface area (Å²) in [5.74, 6) is 0.852. The van der Waals surface area contributed by atoms with Gasteiger partial charge in [0.05, 0.1) is 5.54 Å². The molecular weight excluding hydrogens is 321 g/mol. The fraction of sp³-hybridized carbons (Fsp3) is 0.938. The van der Waals surface area contributed by atoms with E-state index in [-0.39, 0.29) is 30.7 Å². The second-order valence-corrected chi connectivity index (χ2v) is 6.61. The molecule has 1 aliphatic heterocycles. The summed E-state index contributed by atoms with van der Waals surface area (Å²) in [7, 11) is 0. The Kier molecular flexibility index (Phi) is 9.95. The number of likely N-dealkylation sites (tertiary alicyclic amines) is 1. The van der Waals surface area contributed by atoms with Gasteiger partial charge in [0, 0.05) is 19.6 Å². The van der Waals surface area contributed by atoms with Crippen molar-refractivity contribution in [2.75, 3.05) is 32.7 Å². The van der Waals surface area contributed by atoms with E-state index in [1.807, 2.05) is 4.90 Å². The van der Waals surface area contributed by atoms with Crippen molar-refractivity contribution >= 4 is 30.7 Å². The number of halogens is 2. The number of rotatable bonds is 5. The minimum Gasteiger partial charge on any atom is -0.341 e. The Morgan fingerprint density at radius 3 is 2.32 bits per heavy atom. The first-order valence-corrected chi connectivity index (χ1v) is 8.39. The van der Waals surface area contributed by atoms with E-state index in [0.717, 1.165) is 64.8 Å². The fourth-order valence-corrected chi connectivity index (χ4v) is 3.72. The van der Waals surface area contributed by atoms with Crippen molar-refractivity contribution in [3.05, 3.63) is 0 Å². The Balaban J connectivity index is 0.00000220. The van der Waals surface area contributed by atoms with Gasteiger partial charge in [-0.05, 0) is 38.3 Å². The largest absolute Gasteiger partial charge is 0.341 e. The highest BCUT2D eigenvalue weighted by Crippen LogP contribution is 2.30. The summed E-state index contributed by atoms with van der Waals surface area (Å²) >= 11 is 0. The zero-order valence-corrected chi connectivity index (χ0v) is 15.7. The van der Waals surface area contributed by atoms with Gasteiger partial charge in [0.15, 0.2) is 0 Å². The van der Waals surface area contributed by atoms with Crippen LogP contribution in [0.5, 0.6) is 0 Å². The highest BCUT2D eigenvalue weighted by atomic mass is 35.5. The van der Waals surface area contributed by atoms with Gasteiger partial charge in [0.1, 0.15) is 0 Å². The highest BCUT2D eigenvalue weighted by Gasteiger charge is 2.40. The summed E-state index contributed by atoms with van der Waals surface area (Å²) in [5.41, 5.74) is 5.83. The number of hydrogen-bond donors (Lipinski definition) is 1. The lowest BCUT2D eigenvalue weighted by molar-refractivity contribution is -0.137. The molecule has 0 aromatic rings. The zero-order valence-electron chi connectivity index (χ0n) is 14.1. The predicted molar refractivity (Wildman–Crippen MR) is 97.0 cm³/mol. The second kappa shape index (κ2) is 9.96. The maximum absolute atomic E-state index is 12.7. The Morgan fingerprint density at radius 2 is 1.77 bits per heavy atom. The number of nitrogens with two attached hydrogens (primary N) is 1. The molecule has 2 fully saturated rings. The molecule has 2 rings (SSSR count). The molecule has 2 N–H and O–H groups in total. The van der Waals surface area contributed by atoms with Crippen LogP contribution in [0.2, 0.25) is 0 Å². The summed E-state index contributed by atoms with van der Waals surface area (Å²) in [4.78, 5) is 17.2. The molecule has 1 heterocycles. The van der Waals surface area contributed by atoms with E-state index < -0.39 is 5.54 Å². The average molecular weight is 354 g/mol. The van der Waals surface area contributed by atoms with Gasteiger partial charge in [-0.3, -0.25) is 4.79 Å². The zero-order chi connectivity index (χ0) is 14.6. The molecule has 1 saturated carbocycles. The molecule has 132 valence electrons. The van der Waals surface area contributed by atoms with Gasteiger partial charge < -0.3 is 15.5 Å². The molecule has 0 spiro atoms. The van der Waals surface area contributed by atoms with Crippen molar-refractivity contribution < 1.29 is 4.79 Å². The van der Waals surface area contributed by atoms with E-state index in [9.17, 15) is 4.79 Å². The molecule has 0 aromatic carbocycles. The summed E-state index contributed by atoms with van der Waals surface area (Å²) in [6, 6.07) is 0. The first kappa shape index (κ1) is 22.0. The summed E-state index contributed by atoms with van der Waals surface area (Å²) in [6.45, 7) is 9.55. The van der Waals surface area contributed by atoms with E-state index in [1.54, 1.807) is 0 Å². The number of nitrogens with zero attached hydrogens (tertiary/aromatic N) is 2. The Morgan fingerprint density at radius 1 is 1.18 bits per heavy atom. The molecule has 1 unspecified atom stereocenters. The monoisotopic (exact) mass is 353 g/mol. The summed E-state index contributed by atoms with van der Waals surface area (Å²) < 4.78 is 0. The molecule has 1 saturated heterocycles. The van der Waals surface area contributed by atoms with E-state index in [2.05, 4.69) is 18.7 Å². The maximum atomic E-state index is 12.7. The first-order chi connectivity index (χ1) is 9.59. The van der Waals surface area contributed by atoms with Crippen LogP contribution < -0.4 is 5.73 Å². The number of carbonyl (C=O) groups excluding carboxylic acids is 1. The maximum Gasteiger partial charge on any atom is 0.242 e. The van der Waals surface area contributed by atoms with Crippen molar-refractivity contribution in [1.29, 1.82) is 0 Å². The molecule has 4 nitrogen and oxygen atoms in total. The average Bonchev–Trinajstić information content (AvgIpc) is 2.93. The van der Waals surface area contributed by atoms with Crippen LogP contribution >= 0.6 is 24.8 Å². The van der Waals surface area contributed by atoms with E-state index in [4.69, 9.17) is 5.73 Å². The van der Waals surface area contributed by atoms with Gasteiger partial charge >= 0.3 is 0 Å². The lowest BCUT2D eigenvalue weighted by Crippen LogP contribution is -2.55. The minimum atomic E-state index is -0.553. The molecule has 1 amide bonds. The third-order valence-electron chi connectivity index (χ3n) is 5.16. The third-order valence-corrected chi connectivity index (χ3v) is 5.16. The highest BCUT2D eigenvalue weighted by molar-refractivity contribution is 5.86. The Bertz CT molecular complexity index is 331. The smallest absolute Gasteiger partial charge is 0.242 e. The summed E-state index contributed by atoms with van der Waals surface area (Å²) in [6.07, 6.45) is 6.35. The van der Waals surface area contributed by atoms with E-state index in [1.165, 1.54) is 6.42 Å². The summed E-state index contributed by atoms with van der Waals surface area (Å²) in [5, 5.41) is 0. The van der Waals surface area contributed by atoms with Crippen molar-refractivity contribution in [1.82, 2.24) is 9.80 Å². The molecule has 6 heteroatoms. The van der Waals surface area contributed by atoms with Crippen molar-refractivity contribution in [2.24, 2.45) is 11.7 Å². The Labute approximate surface area is 148 Å². The van der Waals surface area contributed by atoms with Crippen molar-refractivity contribution in [3.63, 3.8) is 0 Å². The van der Waals surface area contributed by atoms with Gasteiger partial charge in [-0.1, -0.05) is 33.1 Å². The van der Waals surface area contributed by atoms with Gasteiger partial charge in [-0.15, -0.1) is 24.8 Å². The molecule has 1 atom stereocenters. The van der Waals surface area contributed by atoms with Gasteiger partial charge in [0.2, 0.25) is 5.91 Å². The van der Waals surface area contributed by atoms with Crippen LogP contribution in [0.1, 0.15) is 52.4 Å². The van der Waals surface area contributed by atoms with Gasteiger partial charge in [0.25, 0.3) is 0 Å². The van der Waals surface area contributed by atoms with Crippen LogP contribution in [0.15, 0.2) is 0 Å². The molecule has 0 bridgehead atoms. The lowest BCUT2D eigenvalue weighted by atomic mass is 9.81. The third kappa shape index (κ3) is 5.26. The number of hydrogen-bond acceptors (Lipinski definition) is 3. The lowest BCUT2D eigenvalue weighted by Gasteiger charge is -2.35. The van der Waals surface area contributed by atoms with Crippen LogP contribution in [0.3, 0.4) is 0 Å². The molecule has 2 aliphatic rings. The van der Waals surface area contributed by atoms with Gasteiger partial charge in [-0.25, -0.2) is 0 Å². The fourth-order valence-electron chi connectivity index (χ4n) is 3.72.